The number of hydrogen-bond donors (Lipinski definition) is 2. The zero-order chi connectivity index (χ0) is 22.9. The van der Waals surface area contributed by atoms with Gasteiger partial charge in [-0.2, -0.15) is 0 Å². The first-order chi connectivity index (χ1) is 16.0. The predicted octanol–water partition coefficient (Wildman–Crippen LogP) is 4.76. The summed E-state index contributed by atoms with van der Waals surface area (Å²) in [6.45, 7) is 2.86. The van der Waals surface area contributed by atoms with Gasteiger partial charge in [-0.15, -0.1) is 0 Å². The molecule has 0 spiro atoms. The molecule has 1 aromatic heterocycles. The number of nitrogens with one attached hydrogen (secondary N) is 2. The molecule has 0 bridgehead atoms. The maximum atomic E-state index is 12.9. The third-order valence-electron chi connectivity index (χ3n) is 5.70. The lowest BCUT2D eigenvalue weighted by Crippen LogP contribution is -2.17. The number of hydrogen-bond acceptors (Lipinski definition) is 4. The monoisotopic (exact) mass is 441 g/mol. The van der Waals surface area contributed by atoms with Gasteiger partial charge >= 0.3 is 0 Å². The molecular weight excluding hydrogens is 418 g/mol. The van der Waals surface area contributed by atoms with Crippen LogP contribution in [0.25, 0.3) is 10.9 Å². The van der Waals surface area contributed by atoms with Crippen LogP contribution < -0.4 is 20.1 Å². The zero-order valence-electron chi connectivity index (χ0n) is 18.3. The van der Waals surface area contributed by atoms with Gasteiger partial charge in [-0.05, 0) is 67.1 Å². The summed E-state index contributed by atoms with van der Waals surface area (Å²) in [4.78, 5) is 25.6. The molecule has 0 saturated carbocycles. The van der Waals surface area contributed by atoms with Crippen molar-refractivity contribution >= 4 is 34.1 Å². The number of ether oxygens (including phenoxy) is 2. The van der Waals surface area contributed by atoms with E-state index in [0.717, 1.165) is 16.5 Å². The molecule has 0 radical (unpaired) electrons. The Labute approximate surface area is 190 Å². The first-order valence-corrected chi connectivity index (χ1v) is 10.7. The highest BCUT2D eigenvalue weighted by Crippen LogP contribution is 2.31. The standard InChI is InChI=1S/C26H23N3O4/c1-16-3-6-20(27-25(30)19-5-8-23-24(14-19)33-12-11-32-23)15-21(16)28-26(31)18-4-7-22-17(13-18)9-10-29(22)2/h3-10,13-15H,11-12H2,1-2H3,(H,27,30)(H,28,31). The van der Waals surface area contributed by atoms with Gasteiger partial charge in [0.05, 0.1) is 0 Å². The first kappa shape index (κ1) is 20.6. The van der Waals surface area contributed by atoms with Gasteiger partial charge in [0.25, 0.3) is 11.8 Å². The van der Waals surface area contributed by atoms with Crippen molar-refractivity contribution < 1.29 is 19.1 Å². The van der Waals surface area contributed by atoms with Crippen molar-refractivity contribution in [3.05, 3.63) is 83.6 Å². The number of amides is 2. The van der Waals surface area contributed by atoms with Crippen molar-refractivity contribution in [2.75, 3.05) is 23.8 Å². The van der Waals surface area contributed by atoms with Crippen LogP contribution in [0, 0.1) is 6.92 Å². The zero-order valence-corrected chi connectivity index (χ0v) is 18.3. The summed E-state index contributed by atoms with van der Waals surface area (Å²) < 4.78 is 13.1. The fourth-order valence-electron chi connectivity index (χ4n) is 3.84. The van der Waals surface area contributed by atoms with Crippen molar-refractivity contribution in [3.8, 4) is 11.5 Å². The van der Waals surface area contributed by atoms with Crippen LogP contribution in [0.15, 0.2) is 66.9 Å². The summed E-state index contributed by atoms with van der Waals surface area (Å²) in [6.07, 6.45) is 1.96. The van der Waals surface area contributed by atoms with E-state index < -0.39 is 0 Å². The van der Waals surface area contributed by atoms with Crippen molar-refractivity contribution in [2.45, 2.75) is 6.92 Å². The van der Waals surface area contributed by atoms with Gasteiger partial charge in [-0.25, -0.2) is 0 Å². The predicted molar refractivity (Wildman–Crippen MR) is 127 cm³/mol. The molecule has 5 rings (SSSR count). The van der Waals surface area contributed by atoms with E-state index in [-0.39, 0.29) is 11.8 Å². The highest BCUT2D eigenvalue weighted by Gasteiger charge is 2.16. The van der Waals surface area contributed by atoms with Gasteiger partial charge in [0.15, 0.2) is 11.5 Å². The molecule has 0 saturated heterocycles. The first-order valence-electron chi connectivity index (χ1n) is 10.7. The van der Waals surface area contributed by atoms with E-state index in [9.17, 15) is 9.59 Å². The van der Waals surface area contributed by atoms with Crippen LogP contribution in [0.3, 0.4) is 0 Å². The quantitative estimate of drug-likeness (QED) is 0.478. The Hall–Kier alpha value is -4.26. The number of rotatable bonds is 4. The number of anilines is 2. The average Bonchev–Trinajstić information content (AvgIpc) is 3.20. The Morgan fingerprint density at radius 3 is 2.39 bits per heavy atom. The van der Waals surface area contributed by atoms with Crippen LogP contribution in [0.1, 0.15) is 26.3 Å². The molecule has 7 nitrogen and oxygen atoms in total. The van der Waals surface area contributed by atoms with Crippen LogP contribution in [-0.2, 0) is 7.05 Å². The van der Waals surface area contributed by atoms with E-state index in [1.807, 2.05) is 49.0 Å². The maximum Gasteiger partial charge on any atom is 0.255 e. The number of carbonyl (C=O) groups is 2. The Bertz CT molecular complexity index is 1390. The molecule has 4 aromatic rings. The molecule has 0 unspecified atom stereocenters. The van der Waals surface area contributed by atoms with Crippen molar-refractivity contribution in [1.82, 2.24) is 4.57 Å². The minimum absolute atomic E-state index is 0.209. The van der Waals surface area contributed by atoms with Gasteiger partial charge < -0.3 is 24.7 Å². The van der Waals surface area contributed by atoms with E-state index in [1.165, 1.54) is 0 Å². The largest absolute Gasteiger partial charge is 0.486 e. The second-order valence-corrected chi connectivity index (χ2v) is 8.00. The molecule has 2 amide bonds. The maximum absolute atomic E-state index is 12.9. The topological polar surface area (TPSA) is 81.6 Å². The second kappa shape index (κ2) is 8.35. The molecular formula is C26H23N3O4. The number of benzene rings is 3. The number of fused-ring (bicyclic) bond motifs is 2. The van der Waals surface area contributed by atoms with Gasteiger partial charge in [0.2, 0.25) is 0 Å². The Balaban J connectivity index is 1.33. The number of carbonyl (C=O) groups excluding carboxylic acids is 2. The van der Waals surface area contributed by atoms with E-state index >= 15 is 0 Å². The average molecular weight is 441 g/mol. The summed E-state index contributed by atoms with van der Waals surface area (Å²) in [5, 5.41) is 6.84. The fourth-order valence-corrected chi connectivity index (χ4v) is 3.84. The smallest absolute Gasteiger partial charge is 0.255 e. The third-order valence-corrected chi connectivity index (χ3v) is 5.70. The number of aryl methyl sites for hydroxylation is 2. The Morgan fingerprint density at radius 1 is 0.818 bits per heavy atom. The van der Waals surface area contributed by atoms with E-state index in [1.54, 1.807) is 36.4 Å². The molecule has 3 aromatic carbocycles. The molecule has 1 aliphatic rings. The van der Waals surface area contributed by atoms with E-state index in [0.29, 0.717) is 47.2 Å². The summed E-state index contributed by atoms with van der Waals surface area (Å²) in [5.74, 6) is 0.703. The van der Waals surface area contributed by atoms with Crippen LogP contribution in [0.5, 0.6) is 11.5 Å². The lowest BCUT2D eigenvalue weighted by atomic mass is 10.1. The Morgan fingerprint density at radius 2 is 1.55 bits per heavy atom. The molecule has 2 N–H and O–H groups in total. The van der Waals surface area contributed by atoms with E-state index in [2.05, 4.69) is 10.6 Å². The van der Waals surface area contributed by atoms with Crippen LogP contribution >= 0.6 is 0 Å². The van der Waals surface area contributed by atoms with Crippen molar-refractivity contribution in [3.63, 3.8) is 0 Å². The highest BCUT2D eigenvalue weighted by atomic mass is 16.6. The molecule has 0 fully saturated rings. The van der Waals surface area contributed by atoms with Crippen molar-refractivity contribution in [1.29, 1.82) is 0 Å². The molecule has 0 aliphatic carbocycles. The van der Waals surface area contributed by atoms with Crippen LogP contribution in [0.2, 0.25) is 0 Å². The van der Waals surface area contributed by atoms with Gasteiger partial charge in [0.1, 0.15) is 13.2 Å². The molecule has 7 heteroatoms. The molecule has 1 aliphatic heterocycles. The van der Waals surface area contributed by atoms with Crippen molar-refractivity contribution in [2.24, 2.45) is 7.05 Å². The van der Waals surface area contributed by atoms with Gasteiger partial charge in [-0.1, -0.05) is 6.07 Å². The normalized spacial score (nSPS) is 12.4. The summed E-state index contributed by atoms with van der Waals surface area (Å²) >= 11 is 0. The second-order valence-electron chi connectivity index (χ2n) is 8.00. The lowest BCUT2D eigenvalue weighted by Gasteiger charge is -2.18. The fraction of sp³-hybridized carbons (Fsp3) is 0.154. The number of nitrogens with zero attached hydrogens (tertiary/aromatic N) is 1. The third kappa shape index (κ3) is 4.13. The highest BCUT2D eigenvalue weighted by molar-refractivity contribution is 6.08. The van der Waals surface area contributed by atoms with Gasteiger partial charge in [-0.3, -0.25) is 9.59 Å². The summed E-state index contributed by atoms with van der Waals surface area (Å²) in [7, 11) is 1.97. The minimum Gasteiger partial charge on any atom is -0.486 e. The molecule has 2 heterocycles. The lowest BCUT2D eigenvalue weighted by molar-refractivity contribution is 0.101. The molecule has 33 heavy (non-hydrogen) atoms. The summed E-state index contributed by atoms with van der Waals surface area (Å²) in [6, 6.07) is 18.1. The van der Waals surface area contributed by atoms with Crippen LogP contribution in [0.4, 0.5) is 11.4 Å². The SMILES string of the molecule is Cc1ccc(NC(=O)c2ccc3c(c2)OCCO3)cc1NC(=O)c1ccc2c(ccn2C)c1. The van der Waals surface area contributed by atoms with Crippen LogP contribution in [-0.4, -0.2) is 29.6 Å². The number of aromatic nitrogens is 1. The molecule has 166 valence electrons. The minimum atomic E-state index is -0.275. The summed E-state index contributed by atoms with van der Waals surface area (Å²) in [5.41, 5.74) is 4.19. The van der Waals surface area contributed by atoms with E-state index in [4.69, 9.17) is 9.47 Å². The Kier molecular flexibility index (Phi) is 5.22. The molecule has 0 atom stereocenters. The van der Waals surface area contributed by atoms with Gasteiger partial charge in [0, 0.05) is 46.6 Å².